The van der Waals surface area contributed by atoms with Crippen molar-refractivity contribution in [1.29, 1.82) is 0 Å². The van der Waals surface area contributed by atoms with Gasteiger partial charge < -0.3 is 15.7 Å². The number of nitrogens with zero attached hydrogens (tertiary/aromatic N) is 1. The monoisotopic (exact) mass is 322 g/mol. The van der Waals surface area contributed by atoms with Gasteiger partial charge in [-0.2, -0.15) is 0 Å². The molecule has 0 unspecified atom stereocenters. The normalized spacial score (nSPS) is 17.1. The second-order valence-corrected chi connectivity index (χ2v) is 5.88. The van der Waals surface area contributed by atoms with Gasteiger partial charge in [-0.1, -0.05) is 6.07 Å². The smallest absolute Gasteiger partial charge is 0.331 e. The fourth-order valence-electron chi connectivity index (χ4n) is 2.06. The van der Waals surface area contributed by atoms with Crippen LogP contribution in [0.15, 0.2) is 23.8 Å². The molecule has 0 aliphatic carbocycles. The van der Waals surface area contributed by atoms with Gasteiger partial charge in [0.05, 0.1) is 0 Å². The number of urea groups is 1. The van der Waals surface area contributed by atoms with Crippen molar-refractivity contribution in [3.8, 4) is 11.5 Å². The lowest BCUT2D eigenvalue weighted by molar-refractivity contribution is -0.133. The Hall–Kier alpha value is -2.87. The minimum Gasteiger partial charge on any atom is -0.504 e. The summed E-state index contributed by atoms with van der Waals surface area (Å²) >= 11 is 0. The van der Waals surface area contributed by atoms with E-state index < -0.39 is 23.4 Å². The van der Waals surface area contributed by atoms with Crippen molar-refractivity contribution >= 4 is 23.9 Å². The number of barbiturate groups is 1. The molecule has 1 aliphatic rings. The first-order valence-corrected chi connectivity index (χ1v) is 6.55. The number of rotatable bonds is 1. The number of hydrogen-bond acceptors (Lipinski definition) is 5. The van der Waals surface area contributed by atoms with Crippen molar-refractivity contribution in [3.05, 3.63) is 29.3 Å². The maximum absolute atomic E-state index is 12.4. The number of benzene rings is 1. The van der Waals surface area contributed by atoms with E-state index in [1.165, 1.54) is 24.3 Å². The highest BCUT2D eigenvalue weighted by atomic mass is 16.3. The first-order chi connectivity index (χ1) is 10.1. The van der Waals surface area contributed by atoms with E-state index in [-0.39, 0.29) is 22.5 Å². The van der Waals surface area contributed by atoms with E-state index in [2.05, 4.69) is 5.32 Å². The number of carbonyl (C=O) groups excluding carboxylic acids is 3. The number of hydrogen-bond donors (Lipinski definition) is 3. The second-order valence-electron chi connectivity index (χ2n) is 5.88. The molecular weight excluding hydrogens is 304 g/mol. The van der Waals surface area contributed by atoms with Crippen LogP contribution in [0.4, 0.5) is 4.79 Å². The summed E-state index contributed by atoms with van der Waals surface area (Å²) in [7, 11) is 0. The highest BCUT2D eigenvalue weighted by Crippen LogP contribution is 2.27. The first-order valence-electron chi connectivity index (χ1n) is 6.55. The predicted molar refractivity (Wildman–Crippen MR) is 81.5 cm³/mol. The molecule has 1 aromatic rings. The highest BCUT2D eigenvalue weighted by Gasteiger charge is 2.41. The van der Waals surface area contributed by atoms with Gasteiger partial charge in [-0.25, -0.2) is 4.79 Å². The molecule has 1 aromatic carbocycles. The molecule has 1 aliphatic heterocycles. The lowest BCUT2D eigenvalue weighted by atomic mass is 10.0. The highest BCUT2D eigenvalue weighted by molar-refractivity contribution is 6.31. The lowest BCUT2D eigenvalue weighted by Crippen LogP contribution is -2.60. The van der Waals surface area contributed by atoms with Crippen LogP contribution in [-0.2, 0) is 9.59 Å². The molecule has 0 bridgehead atoms. The van der Waals surface area contributed by atoms with Crippen LogP contribution in [0, 0.1) is 0 Å². The van der Waals surface area contributed by atoms with Crippen LogP contribution >= 0.6 is 0 Å². The molecule has 2 rings (SSSR count). The second kappa shape index (κ2) is 6.09. The number of amides is 4. The van der Waals surface area contributed by atoms with Crippen molar-refractivity contribution in [2.75, 3.05) is 0 Å². The van der Waals surface area contributed by atoms with Gasteiger partial charge in [0.2, 0.25) is 0 Å². The van der Waals surface area contributed by atoms with Gasteiger partial charge in [0.25, 0.3) is 11.8 Å². The van der Waals surface area contributed by atoms with Gasteiger partial charge in [0, 0.05) is 5.54 Å². The molecule has 8 heteroatoms. The summed E-state index contributed by atoms with van der Waals surface area (Å²) < 4.78 is 0. The molecule has 0 spiro atoms. The molecule has 8 nitrogen and oxygen atoms in total. The average molecular weight is 322 g/mol. The molecule has 0 aromatic heterocycles. The minimum atomic E-state index is -0.803. The summed E-state index contributed by atoms with van der Waals surface area (Å²) in [5.74, 6) is -2.20. The fourth-order valence-corrected chi connectivity index (χ4v) is 2.06. The van der Waals surface area contributed by atoms with Crippen molar-refractivity contribution in [1.82, 2.24) is 10.2 Å². The third kappa shape index (κ3) is 3.49. The Kier molecular flexibility index (Phi) is 4.81. The lowest BCUT2D eigenvalue weighted by Gasteiger charge is -2.36. The summed E-state index contributed by atoms with van der Waals surface area (Å²) in [4.78, 5) is 37.1. The van der Waals surface area contributed by atoms with Gasteiger partial charge in [0.1, 0.15) is 5.57 Å². The molecule has 0 atom stereocenters. The minimum absolute atomic E-state index is 0. The Morgan fingerprint density at radius 2 is 1.70 bits per heavy atom. The van der Waals surface area contributed by atoms with Gasteiger partial charge in [-0.05, 0) is 44.5 Å². The van der Waals surface area contributed by atoms with Crippen LogP contribution in [0.25, 0.3) is 6.08 Å². The predicted octanol–water partition coefficient (Wildman–Crippen LogP) is 0.533. The van der Waals surface area contributed by atoms with E-state index >= 15 is 0 Å². The Bertz CT molecular complexity index is 702. The van der Waals surface area contributed by atoms with E-state index in [1.807, 2.05) is 0 Å². The molecule has 1 heterocycles. The summed E-state index contributed by atoms with van der Waals surface area (Å²) in [6.07, 6.45) is 1.25. The number of carbonyl (C=O) groups is 3. The Labute approximate surface area is 132 Å². The van der Waals surface area contributed by atoms with E-state index in [0.717, 1.165) is 4.90 Å². The zero-order chi connectivity index (χ0) is 16.7. The Morgan fingerprint density at radius 3 is 2.22 bits per heavy atom. The molecule has 1 saturated heterocycles. The summed E-state index contributed by atoms with van der Waals surface area (Å²) in [5.41, 5.74) is -0.672. The maximum atomic E-state index is 12.4. The first kappa shape index (κ1) is 18.2. The maximum Gasteiger partial charge on any atom is 0.331 e. The standard InChI is InChI=1S/C15H16N2O5.H2O/c1-15(2,3)17-13(21)9(12(20)16-14(17)22)6-8-4-5-10(18)11(19)7-8;/h4-7,18-19H,1-3H3,(H,16,20,22);1H2/b9-6-;. The van der Waals surface area contributed by atoms with E-state index in [9.17, 15) is 24.6 Å². The number of aromatic hydroxyl groups is 2. The number of phenolic OH excluding ortho intramolecular Hbond substituents is 2. The molecule has 23 heavy (non-hydrogen) atoms. The summed E-state index contributed by atoms with van der Waals surface area (Å²) in [5, 5.41) is 20.8. The molecule has 124 valence electrons. The molecule has 5 N–H and O–H groups in total. The molecule has 0 saturated carbocycles. The number of imide groups is 2. The van der Waals surface area contributed by atoms with E-state index in [0.29, 0.717) is 5.56 Å². The van der Waals surface area contributed by atoms with Gasteiger partial charge >= 0.3 is 6.03 Å². The van der Waals surface area contributed by atoms with Gasteiger partial charge in [0.15, 0.2) is 11.5 Å². The topological polar surface area (TPSA) is 138 Å². The SMILES string of the molecule is CC(C)(C)N1C(=O)NC(=O)/C(=C/c2ccc(O)c(O)c2)C1=O.O. The molecule has 4 amide bonds. The third-order valence-corrected chi connectivity index (χ3v) is 3.08. The zero-order valence-corrected chi connectivity index (χ0v) is 12.9. The zero-order valence-electron chi connectivity index (χ0n) is 12.9. The van der Waals surface area contributed by atoms with Crippen molar-refractivity contribution in [2.45, 2.75) is 26.3 Å². The largest absolute Gasteiger partial charge is 0.504 e. The van der Waals surface area contributed by atoms with E-state index in [4.69, 9.17) is 0 Å². The number of phenols is 2. The molecular formula is C15H18N2O6. The third-order valence-electron chi connectivity index (χ3n) is 3.08. The quantitative estimate of drug-likeness (QED) is 0.393. The molecule has 0 radical (unpaired) electrons. The van der Waals surface area contributed by atoms with Crippen LogP contribution in [0.5, 0.6) is 11.5 Å². The van der Waals surface area contributed by atoms with E-state index in [1.54, 1.807) is 20.8 Å². The fraction of sp³-hybridized carbons (Fsp3) is 0.267. The van der Waals surface area contributed by atoms with Crippen molar-refractivity contribution in [2.24, 2.45) is 0 Å². The van der Waals surface area contributed by atoms with Crippen LogP contribution < -0.4 is 5.32 Å². The Morgan fingerprint density at radius 1 is 1.09 bits per heavy atom. The van der Waals surface area contributed by atoms with Crippen LogP contribution in [0.2, 0.25) is 0 Å². The van der Waals surface area contributed by atoms with Crippen LogP contribution in [0.1, 0.15) is 26.3 Å². The van der Waals surface area contributed by atoms with Crippen LogP contribution in [-0.4, -0.2) is 44.0 Å². The van der Waals surface area contributed by atoms with Gasteiger partial charge in [-0.3, -0.25) is 19.8 Å². The Balaban J connectivity index is 0.00000264. The molecule has 1 fully saturated rings. The number of nitrogens with one attached hydrogen (secondary N) is 1. The van der Waals surface area contributed by atoms with Crippen molar-refractivity contribution in [3.63, 3.8) is 0 Å². The van der Waals surface area contributed by atoms with Crippen LogP contribution in [0.3, 0.4) is 0 Å². The summed E-state index contributed by atoms with van der Waals surface area (Å²) in [6.45, 7) is 5.01. The van der Waals surface area contributed by atoms with Crippen molar-refractivity contribution < 1.29 is 30.1 Å². The van der Waals surface area contributed by atoms with Gasteiger partial charge in [-0.15, -0.1) is 0 Å². The average Bonchev–Trinajstić information content (AvgIpc) is 2.36. The summed E-state index contributed by atoms with van der Waals surface area (Å²) in [6, 6.07) is 3.11.